The van der Waals surface area contributed by atoms with Crippen molar-refractivity contribution in [2.45, 2.75) is 46.1 Å². The molecule has 4 heteroatoms. The summed E-state index contributed by atoms with van der Waals surface area (Å²) in [5, 5.41) is 0. The Morgan fingerprint density at radius 3 is 2.75 bits per heavy atom. The summed E-state index contributed by atoms with van der Waals surface area (Å²) in [5.74, 6) is 0.471. The first-order valence-electron chi connectivity index (χ1n) is 7.19. The molecule has 1 aromatic rings. The molecule has 2 N–H and O–H groups in total. The molecule has 1 atom stereocenters. The van der Waals surface area contributed by atoms with Crippen LogP contribution in [0.2, 0.25) is 0 Å². The van der Waals surface area contributed by atoms with Gasteiger partial charge in [0.2, 0.25) is 0 Å². The van der Waals surface area contributed by atoms with E-state index in [0.29, 0.717) is 18.2 Å². The number of fused-ring (bicyclic) bond motifs is 1. The first kappa shape index (κ1) is 14.7. The smallest absolute Gasteiger partial charge is 0.414 e. The molecule has 2 rings (SSSR count). The second-order valence-electron chi connectivity index (χ2n) is 6.46. The SMILES string of the molecule is CCC1Cc2ccc(N)cc2N(C(=O)OC(C)(C)C)C1. The molecule has 0 bridgehead atoms. The lowest BCUT2D eigenvalue weighted by Crippen LogP contribution is -2.43. The molecule has 1 aliphatic rings. The van der Waals surface area contributed by atoms with Crippen LogP contribution >= 0.6 is 0 Å². The molecule has 1 aromatic carbocycles. The predicted molar refractivity (Wildman–Crippen MR) is 81.9 cm³/mol. The van der Waals surface area contributed by atoms with Crippen LogP contribution in [0, 0.1) is 5.92 Å². The van der Waals surface area contributed by atoms with Gasteiger partial charge < -0.3 is 10.5 Å². The Labute approximate surface area is 120 Å². The first-order valence-corrected chi connectivity index (χ1v) is 7.19. The van der Waals surface area contributed by atoms with E-state index >= 15 is 0 Å². The van der Waals surface area contributed by atoms with Crippen molar-refractivity contribution < 1.29 is 9.53 Å². The van der Waals surface area contributed by atoms with Gasteiger partial charge in [-0.15, -0.1) is 0 Å². The highest BCUT2D eigenvalue weighted by Gasteiger charge is 2.30. The maximum Gasteiger partial charge on any atom is 0.414 e. The van der Waals surface area contributed by atoms with Crippen molar-refractivity contribution >= 4 is 17.5 Å². The zero-order valence-electron chi connectivity index (χ0n) is 12.8. The largest absolute Gasteiger partial charge is 0.443 e. The molecule has 20 heavy (non-hydrogen) atoms. The summed E-state index contributed by atoms with van der Waals surface area (Å²) >= 11 is 0. The van der Waals surface area contributed by atoms with Crippen LogP contribution in [0.1, 0.15) is 39.7 Å². The van der Waals surface area contributed by atoms with Gasteiger partial charge in [-0.3, -0.25) is 4.90 Å². The topological polar surface area (TPSA) is 55.6 Å². The van der Waals surface area contributed by atoms with Crippen LogP contribution in [0.3, 0.4) is 0 Å². The zero-order chi connectivity index (χ0) is 14.9. The maximum atomic E-state index is 12.4. The third kappa shape index (κ3) is 3.24. The molecule has 0 aromatic heterocycles. The van der Waals surface area contributed by atoms with Gasteiger partial charge in [-0.2, -0.15) is 0 Å². The summed E-state index contributed by atoms with van der Waals surface area (Å²) in [5.41, 5.74) is 8.11. The van der Waals surface area contributed by atoms with Crippen LogP contribution in [-0.4, -0.2) is 18.2 Å². The van der Waals surface area contributed by atoms with Gasteiger partial charge in [0.15, 0.2) is 0 Å². The van der Waals surface area contributed by atoms with Crippen LogP contribution in [0.5, 0.6) is 0 Å². The minimum absolute atomic E-state index is 0.289. The van der Waals surface area contributed by atoms with Crippen molar-refractivity contribution in [3.8, 4) is 0 Å². The molecule has 1 heterocycles. The van der Waals surface area contributed by atoms with Crippen molar-refractivity contribution in [3.05, 3.63) is 23.8 Å². The van der Waals surface area contributed by atoms with Crippen LogP contribution in [0.15, 0.2) is 18.2 Å². The molecule has 0 saturated heterocycles. The molecule has 1 aliphatic heterocycles. The van der Waals surface area contributed by atoms with Crippen LogP contribution in [0.25, 0.3) is 0 Å². The van der Waals surface area contributed by atoms with Gasteiger partial charge in [0.1, 0.15) is 5.60 Å². The summed E-state index contributed by atoms with van der Waals surface area (Å²) in [6, 6.07) is 5.78. The molecule has 4 nitrogen and oxygen atoms in total. The van der Waals surface area contributed by atoms with Crippen molar-refractivity contribution in [1.29, 1.82) is 0 Å². The van der Waals surface area contributed by atoms with Gasteiger partial charge in [-0.05, 0) is 50.8 Å². The summed E-state index contributed by atoms with van der Waals surface area (Å²) in [4.78, 5) is 14.1. The molecule has 0 fully saturated rings. The van der Waals surface area contributed by atoms with Gasteiger partial charge in [0, 0.05) is 12.2 Å². The highest BCUT2D eigenvalue weighted by atomic mass is 16.6. The van der Waals surface area contributed by atoms with Gasteiger partial charge in [0.25, 0.3) is 0 Å². The lowest BCUT2D eigenvalue weighted by molar-refractivity contribution is 0.0571. The number of nitrogens with zero attached hydrogens (tertiary/aromatic N) is 1. The predicted octanol–water partition coefficient (Wildman–Crippen LogP) is 3.59. The third-order valence-electron chi connectivity index (χ3n) is 3.54. The van der Waals surface area contributed by atoms with E-state index < -0.39 is 5.60 Å². The molecule has 1 amide bonds. The Morgan fingerprint density at radius 1 is 1.45 bits per heavy atom. The average Bonchev–Trinajstić information content (AvgIpc) is 2.35. The lowest BCUT2D eigenvalue weighted by Gasteiger charge is -2.35. The van der Waals surface area contributed by atoms with E-state index in [1.807, 2.05) is 39.0 Å². The van der Waals surface area contributed by atoms with E-state index in [-0.39, 0.29) is 6.09 Å². The highest BCUT2D eigenvalue weighted by Crippen LogP contribution is 2.33. The first-order chi connectivity index (χ1) is 9.30. The maximum absolute atomic E-state index is 12.4. The van der Waals surface area contributed by atoms with Crippen LogP contribution < -0.4 is 10.6 Å². The molecule has 0 spiro atoms. The monoisotopic (exact) mass is 276 g/mol. The normalized spacial score (nSPS) is 18.6. The van der Waals surface area contributed by atoms with Crippen LogP contribution in [0.4, 0.5) is 16.2 Å². The molecule has 0 aliphatic carbocycles. The second kappa shape index (κ2) is 5.35. The number of ether oxygens (including phenoxy) is 1. The molecule has 0 saturated carbocycles. The van der Waals surface area contributed by atoms with Gasteiger partial charge in [-0.25, -0.2) is 4.79 Å². The Bertz CT molecular complexity index is 506. The van der Waals surface area contributed by atoms with Gasteiger partial charge in [-0.1, -0.05) is 19.4 Å². The number of hydrogen-bond donors (Lipinski definition) is 1. The molecule has 110 valence electrons. The van der Waals surface area contributed by atoms with E-state index in [4.69, 9.17) is 10.5 Å². The number of hydrogen-bond acceptors (Lipinski definition) is 3. The highest BCUT2D eigenvalue weighted by molar-refractivity contribution is 5.90. The Balaban J connectivity index is 2.32. The number of carbonyl (C=O) groups is 1. The number of benzene rings is 1. The molecular weight excluding hydrogens is 252 g/mol. The quantitative estimate of drug-likeness (QED) is 0.797. The fourth-order valence-electron chi connectivity index (χ4n) is 2.50. The Morgan fingerprint density at radius 2 is 2.15 bits per heavy atom. The summed E-state index contributed by atoms with van der Waals surface area (Å²) in [6.07, 6.45) is 1.75. The molecular formula is C16H24N2O2. The number of rotatable bonds is 1. The summed E-state index contributed by atoms with van der Waals surface area (Å²) in [6.45, 7) is 8.49. The van der Waals surface area contributed by atoms with Gasteiger partial charge in [0.05, 0.1) is 5.69 Å². The van der Waals surface area contributed by atoms with E-state index in [9.17, 15) is 4.79 Å². The molecule has 1 unspecified atom stereocenters. The van der Waals surface area contributed by atoms with Crippen molar-refractivity contribution in [1.82, 2.24) is 0 Å². The number of carbonyl (C=O) groups excluding carboxylic acids is 1. The summed E-state index contributed by atoms with van der Waals surface area (Å²) in [7, 11) is 0. The molecule has 0 radical (unpaired) electrons. The van der Waals surface area contributed by atoms with Crippen molar-refractivity contribution in [2.24, 2.45) is 5.92 Å². The standard InChI is InChI=1S/C16H24N2O2/c1-5-11-8-12-6-7-13(17)9-14(12)18(10-11)15(19)20-16(2,3)4/h6-7,9,11H,5,8,10,17H2,1-4H3. The lowest BCUT2D eigenvalue weighted by atomic mass is 9.90. The third-order valence-corrected chi connectivity index (χ3v) is 3.54. The van der Waals surface area contributed by atoms with Crippen molar-refractivity contribution in [2.75, 3.05) is 17.2 Å². The van der Waals surface area contributed by atoms with Gasteiger partial charge >= 0.3 is 6.09 Å². The summed E-state index contributed by atoms with van der Waals surface area (Å²) < 4.78 is 5.51. The van der Waals surface area contributed by atoms with E-state index in [1.54, 1.807) is 4.90 Å². The minimum Gasteiger partial charge on any atom is -0.443 e. The van der Waals surface area contributed by atoms with E-state index in [0.717, 1.165) is 18.5 Å². The zero-order valence-corrected chi connectivity index (χ0v) is 12.8. The van der Waals surface area contributed by atoms with E-state index in [1.165, 1.54) is 5.56 Å². The number of amides is 1. The minimum atomic E-state index is -0.489. The fraction of sp³-hybridized carbons (Fsp3) is 0.562. The Hall–Kier alpha value is -1.71. The van der Waals surface area contributed by atoms with E-state index in [2.05, 4.69) is 6.92 Å². The second-order valence-corrected chi connectivity index (χ2v) is 6.46. The number of nitrogens with two attached hydrogens (primary N) is 1. The number of nitrogen functional groups attached to an aromatic ring is 1. The Kier molecular flexibility index (Phi) is 3.93. The van der Waals surface area contributed by atoms with Crippen molar-refractivity contribution in [3.63, 3.8) is 0 Å². The fourth-order valence-corrected chi connectivity index (χ4v) is 2.50. The number of anilines is 2. The van der Waals surface area contributed by atoms with Crippen LogP contribution in [-0.2, 0) is 11.2 Å². The average molecular weight is 276 g/mol.